The summed E-state index contributed by atoms with van der Waals surface area (Å²) in [6.45, 7) is 2.20. The normalized spacial score (nSPS) is 17.1. The van der Waals surface area contributed by atoms with E-state index in [1.54, 1.807) is 36.6 Å². The molecule has 2 heterocycles. The zero-order valence-electron chi connectivity index (χ0n) is 17.7. The van der Waals surface area contributed by atoms with Gasteiger partial charge in [0.1, 0.15) is 11.5 Å². The number of hydrogen-bond acceptors (Lipinski definition) is 6. The summed E-state index contributed by atoms with van der Waals surface area (Å²) in [5.74, 6) is 0.562. The lowest BCUT2D eigenvalue weighted by atomic mass is 10.1. The second kappa shape index (κ2) is 10.5. The number of hydrogen-bond donors (Lipinski definition) is 1. The number of furan rings is 1. The maximum absolute atomic E-state index is 13.2. The molecule has 0 unspecified atom stereocenters. The van der Waals surface area contributed by atoms with Crippen molar-refractivity contribution in [1.82, 2.24) is 4.90 Å². The van der Waals surface area contributed by atoms with Gasteiger partial charge in [0.15, 0.2) is 5.17 Å². The third kappa shape index (κ3) is 5.91. The molecule has 166 valence electrons. The molecule has 0 aliphatic carbocycles. The monoisotopic (exact) mass is 521 g/mol. The number of benzene rings is 2. The molecule has 1 saturated heterocycles. The van der Waals surface area contributed by atoms with Gasteiger partial charge in [0.2, 0.25) is 0 Å². The number of allylic oxidation sites excluding steroid dienone is 2. The number of amides is 1. The summed E-state index contributed by atoms with van der Waals surface area (Å²) in [5.41, 5.74) is 2.51. The molecule has 0 spiro atoms. The van der Waals surface area contributed by atoms with Crippen molar-refractivity contribution < 1.29 is 14.3 Å². The molecular weight excluding hydrogens is 502 g/mol. The van der Waals surface area contributed by atoms with E-state index >= 15 is 0 Å². The lowest BCUT2D eigenvalue weighted by molar-refractivity contribution is -0.122. The number of amidine groups is 1. The second-order valence-electron chi connectivity index (χ2n) is 7.21. The Morgan fingerprint density at radius 2 is 2.00 bits per heavy atom. The lowest BCUT2D eigenvalue weighted by Gasteiger charge is -2.12. The van der Waals surface area contributed by atoms with Crippen molar-refractivity contribution in [1.29, 1.82) is 0 Å². The standard InChI is InChI=1S/C25H20BrN3O3S/c1-17(12-18-6-3-2-4-7-18)13-23-24(31)29(16-21-8-5-11-32-21)25(33-23)28-27-15-19-14-20(26)9-10-22(19)30/h2-15,30H,16H2,1H3/b17-12+,23-13-,27-15-,28-25+. The van der Waals surface area contributed by atoms with E-state index in [2.05, 4.69) is 26.1 Å². The van der Waals surface area contributed by atoms with Crippen LogP contribution in [0, 0.1) is 0 Å². The Labute approximate surface area is 204 Å². The minimum atomic E-state index is -0.170. The first-order chi connectivity index (χ1) is 16.0. The molecule has 1 aromatic heterocycles. The predicted octanol–water partition coefficient (Wildman–Crippen LogP) is 6.20. The zero-order valence-corrected chi connectivity index (χ0v) is 20.1. The van der Waals surface area contributed by atoms with Gasteiger partial charge in [-0.05, 0) is 66.2 Å². The van der Waals surface area contributed by atoms with Crippen LogP contribution < -0.4 is 0 Å². The molecule has 4 rings (SSSR count). The molecule has 6 nitrogen and oxygen atoms in total. The molecule has 33 heavy (non-hydrogen) atoms. The fourth-order valence-electron chi connectivity index (χ4n) is 3.11. The van der Waals surface area contributed by atoms with Crippen LogP contribution in [0.25, 0.3) is 6.08 Å². The van der Waals surface area contributed by atoms with Crippen LogP contribution in [-0.4, -0.2) is 27.3 Å². The van der Waals surface area contributed by atoms with Crippen molar-refractivity contribution in [2.24, 2.45) is 10.2 Å². The van der Waals surface area contributed by atoms with Gasteiger partial charge in [-0.2, -0.15) is 5.10 Å². The summed E-state index contributed by atoms with van der Waals surface area (Å²) in [6, 6.07) is 18.5. The van der Waals surface area contributed by atoms with E-state index < -0.39 is 0 Å². The van der Waals surface area contributed by atoms with Gasteiger partial charge in [-0.15, -0.1) is 5.10 Å². The Morgan fingerprint density at radius 3 is 2.76 bits per heavy atom. The third-order valence-electron chi connectivity index (χ3n) is 4.66. The third-order valence-corrected chi connectivity index (χ3v) is 6.15. The first kappa shape index (κ1) is 22.8. The Bertz CT molecular complexity index is 1270. The summed E-state index contributed by atoms with van der Waals surface area (Å²) in [4.78, 5) is 15.2. The Hall–Kier alpha value is -3.36. The Kier molecular flexibility index (Phi) is 7.26. The average molecular weight is 522 g/mol. The highest BCUT2D eigenvalue weighted by molar-refractivity contribution is 9.10. The maximum atomic E-state index is 13.2. The maximum Gasteiger partial charge on any atom is 0.267 e. The molecule has 0 saturated carbocycles. The molecule has 0 atom stereocenters. The number of carbonyl (C=O) groups is 1. The minimum absolute atomic E-state index is 0.0898. The molecule has 1 aliphatic heterocycles. The van der Waals surface area contributed by atoms with Crippen LogP contribution in [-0.2, 0) is 11.3 Å². The summed E-state index contributed by atoms with van der Waals surface area (Å²) < 4.78 is 6.23. The lowest BCUT2D eigenvalue weighted by Crippen LogP contribution is -2.28. The fourth-order valence-corrected chi connectivity index (χ4v) is 4.47. The Morgan fingerprint density at radius 1 is 1.18 bits per heavy atom. The largest absolute Gasteiger partial charge is 0.507 e. The second-order valence-corrected chi connectivity index (χ2v) is 9.14. The van der Waals surface area contributed by atoms with Crippen molar-refractivity contribution in [2.45, 2.75) is 13.5 Å². The van der Waals surface area contributed by atoms with Gasteiger partial charge in [0.25, 0.3) is 5.91 Å². The van der Waals surface area contributed by atoms with Crippen molar-refractivity contribution >= 4 is 51.1 Å². The minimum Gasteiger partial charge on any atom is -0.507 e. The van der Waals surface area contributed by atoms with E-state index in [9.17, 15) is 9.90 Å². The number of thioether (sulfide) groups is 1. The number of aromatic hydroxyl groups is 1. The first-order valence-electron chi connectivity index (χ1n) is 10.1. The van der Waals surface area contributed by atoms with Crippen molar-refractivity contribution in [3.8, 4) is 5.75 Å². The van der Waals surface area contributed by atoms with Gasteiger partial charge in [-0.1, -0.05) is 52.3 Å². The van der Waals surface area contributed by atoms with E-state index in [1.807, 2.05) is 49.4 Å². The van der Waals surface area contributed by atoms with Crippen LogP contribution in [0.15, 0.2) is 103 Å². The molecule has 0 radical (unpaired) electrons. The molecule has 2 aromatic carbocycles. The van der Waals surface area contributed by atoms with Gasteiger partial charge in [0, 0.05) is 10.0 Å². The highest BCUT2D eigenvalue weighted by Gasteiger charge is 2.34. The van der Waals surface area contributed by atoms with Gasteiger partial charge in [-0.25, -0.2) is 0 Å². The molecule has 0 bridgehead atoms. The van der Waals surface area contributed by atoms with E-state index in [0.29, 0.717) is 21.4 Å². The predicted molar refractivity (Wildman–Crippen MR) is 136 cm³/mol. The smallest absolute Gasteiger partial charge is 0.267 e. The summed E-state index contributed by atoms with van der Waals surface area (Å²) in [5, 5.41) is 18.8. The summed E-state index contributed by atoms with van der Waals surface area (Å²) in [7, 11) is 0. The van der Waals surface area contributed by atoms with Crippen LogP contribution in [0.5, 0.6) is 5.75 Å². The zero-order chi connectivity index (χ0) is 23.2. The van der Waals surface area contributed by atoms with Crippen molar-refractivity contribution in [3.05, 3.63) is 105 Å². The molecule has 1 fully saturated rings. The highest BCUT2D eigenvalue weighted by Crippen LogP contribution is 2.33. The SMILES string of the molecule is CC(/C=C1\S/C(=N/N=C\c2cc(Br)ccc2O)N(Cc2ccco2)C1=O)=C\c1ccccc1. The molecular formula is C25H20BrN3O3S. The van der Waals surface area contributed by atoms with E-state index in [1.165, 1.54) is 22.9 Å². The number of halogens is 1. The van der Waals surface area contributed by atoms with E-state index in [4.69, 9.17) is 4.42 Å². The highest BCUT2D eigenvalue weighted by atomic mass is 79.9. The quantitative estimate of drug-likeness (QED) is 0.238. The fraction of sp³-hybridized carbons (Fsp3) is 0.0800. The molecule has 8 heteroatoms. The summed E-state index contributed by atoms with van der Waals surface area (Å²) in [6.07, 6.45) is 6.88. The van der Waals surface area contributed by atoms with Crippen LogP contribution in [0.1, 0.15) is 23.8 Å². The summed E-state index contributed by atoms with van der Waals surface area (Å²) >= 11 is 4.62. The molecule has 1 aliphatic rings. The van der Waals surface area contributed by atoms with Gasteiger partial charge >= 0.3 is 0 Å². The Balaban J connectivity index is 1.61. The van der Waals surface area contributed by atoms with Gasteiger partial charge < -0.3 is 9.52 Å². The van der Waals surface area contributed by atoms with Crippen LogP contribution in [0.3, 0.4) is 0 Å². The topological polar surface area (TPSA) is 78.4 Å². The first-order valence-corrected chi connectivity index (χ1v) is 11.7. The van der Waals surface area contributed by atoms with E-state index in [-0.39, 0.29) is 18.2 Å². The van der Waals surface area contributed by atoms with Crippen LogP contribution >= 0.6 is 27.7 Å². The van der Waals surface area contributed by atoms with Crippen LogP contribution in [0.2, 0.25) is 0 Å². The van der Waals surface area contributed by atoms with E-state index in [0.717, 1.165) is 15.6 Å². The molecule has 1 N–H and O–H groups in total. The number of rotatable bonds is 6. The number of nitrogens with zero attached hydrogens (tertiary/aromatic N) is 3. The van der Waals surface area contributed by atoms with Crippen LogP contribution in [0.4, 0.5) is 0 Å². The van der Waals surface area contributed by atoms with Crippen molar-refractivity contribution in [3.63, 3.8) is 0 Å². The van der Waals surface area contributed by atoms with Crippen molar-refractivity contribution in [2.75, 3.05) is 0 Å². The number of carbonyl (C=O) groups excluding carboxylic acids is 1. The average Bonchev–Trinajstić information content (AvgIpc) is 3.41. The molecule has 1 amide bonds. The number of phenolic OH excluding ortho intramolecular Hbond substituents is 1. The number of phenols is 1. The van der Waals surface area contributed by atoms with Gasteiger partial charge in [-0.3, -0.25) is 9.69 Å². The van der Waals surface area contributed by atoms with Gasteiger partial charge in [0.05, 0.1) is 23.9 Å². The molecule has 3 aromatic rings.